The van der Waals surface area contributed by atoms with Crippen molar-refractivity contribution in [2.24, 2.45) is 5.73 Å². The zero-order valence-electron chi connectivity index (χ0n) is 11.8. The van der Waals surface area contributed by atoms with Crippen LogP contribution in [-0.4, -0.2) is 41.1 Å². The molecule has 1 aromatic rings. The zero-order chi connectivity index (χ0) is 16.1. The maximum absolute atomic E-state index is 12.0. The standard InChI is InChI=1S/C14H16ClN3O3S/c15-9-3-5-10(6-4-9)22-8-12(19)17-14(21)18-7-1-2-11(18)13(16)20/h3-6,11H,1-2,7-8H2,(H2,16,20)(H,17,19,21). The number of likely N-dealkylation sites (tertiary alicyclic amines) is 1. The molecule has 0 radical (unpaired) electrons. The number of benzene rings is 1. The van der Waals surface area contributed by atoms with Crippen molar-refractivity contribution in [3.05, 3.63) is 29.3 Å². The van der Waals surface area contributed by atoms with Crippen molar-refractivity contribution in [1.29, 1.82) is 0 Å². The predicted molar refractivity (Wildman–Crippen MR) is 84.6 cm³/mol. The van der Waals surface area contributed by atoms with Crippen LogP contribution in [0.3, 0.4) is 0 Å². The molecule has 1 unspecified atom stereocenters. The highest BCUT2D eigenvalue weighted by Crippen LogP contribution is 2.20. The molecule has 0 saturated carbocycles. The van der Waals surface area contributed by atoms with Crippen molar-refractivity contribution in [3.63, 3.8) is 0 Å². The summed E-state index contributed by atoms with van der Waals surface area (Å²) in [5.74, 6) is -0.863. The minimum atomic E-state index is -0.628. The lowest BCUT2D eigenvalue weighted by Gasteiger charge is -2.21. The summed E-state index contributed by atoms with van der Waals surface area (Å²) < 4.78 is 0. The first-order chi connectivity index (χ1) is 10.5. The van der Waals surface area contributed by atoms with Crippen molar-refractivity contribution in [2.45, 2.75) is 23.8 Å². The Morgan fingerprint density at radius 1 is 1.32 bits per heavy atom. The second-order valence-electron chi connectivity index (χ2n) is 4.85. The van der Waals surface area contributed by atoms with E-state index >= 15 is 0 Å². The molecule has 1 heterocycles. The first-order valence-electron chi connectivity index (χ1n) is 6.75. The number of carbonyl (C=O) groups excluding carboxylic acids is 3. The Kier molecular flexibility index (Phi) is 5.68. The SMILES string of the molecule is NC(=O)C1CCCN1C(=O)NC(=O)CSc1ccc(Cl)cc1. The number of halogens is 1. The summed E-state index contributed by atoms with van der Waals surface area (Å²) in [6.45, 7) is 0.428. The number of hydrogen-bond acceptors (Lipinski definition) is 4. The number of primary amides is 1. The smallest absolute Gasteiger partial charge is 0.324 e. The van der Waals surface area contributed by atoms with Crippen molar-refractivity contribution in [1.82, 2.24) is 10.2 Å². The van der Waals surface area contributed by atoms with E-state index in [9.17, 15) is 14.4 Å². The number of nitrogens with one attached hydrogen (secondary N) is 1. The molecular weight excluding hydrogens is 326 g/mol. The average Bonchev–Trinajstić information content (AvgIpc) is 2.96. The van der Waals surface area contributed by atoms with E-state index in [4.69, 9.17) is 17.3 Å². The quantitative estimate of drug-likeness (QED) is 0.814. The summed E-state index contributed by atoms with van der Waals surface area (Å²) in [5.41, 5.74) is 5.24. The van der Waals surface area contributed by atoms with Crippen LogP contribution in [0.4, 0.5) is 4.79 Å². The number of imide groups is 1. The van der Waals surface area contributed by atoms with Gasteiger partial charge in [-0.25, -0.2) is 4.79 Å². The fourth-order valence-corrected chi connectivity index (χ4v) is 3.04. The molecule has 2 rings (SSSR count). The van der Waals surface area contributed by atoms with Gasteiger partial charge in [0.25, 0.3) is 0 Å². The highest BCUT2D eigenvalue weighted by molar-refractivity contribution is 8.00. The number of carbonyl (C=O) groups is 3. The number of urea groups is 1. The predicted octanol–water partition coefficient (Wildman–Crippen LogP) is 1.62. The van der Waals surface area contributed by atoms with Gasteiger partial charge in [0, 0.05) is 16.5 Å². The Labute approximate surface area is 137 Å². The molecule has 0 spiro atoms. The van der Waals surface area contributed by atoms with Gasteiger partial charge in [-0.05, 0) is 37.1 Å². The normalized spacial score (nSPS) is 17.3. The van der Waals surface area contributed by atoms with Gasteiger partial charge in [0.2, 0.25) is 11.8 Å². The number of amides is 4. The lowest BCUT2D eigenvalue weighted by molar-refractivity contribution is -0.122. The van der Waals surface area contributed by atoms with Gasteiger partial charge < -0.3 is 10.6 Å². The number of rotatable bonds is 4. The minimum absolute atomic E-state index is 0.0997. The number of nitrogens with two attached hydrogens (primary N) is 1. The summed E-state index contributed by atoms with van der Waals surface area (Å²) in [6, 6.07) is 5.86. The van der Waals surface area contributed by atoms with E-state index in [2.05, 4.69) is 5.32 Å². The van der Waals surface area contributed by atoms with E-state index in [1.165, 1.54) is 16.7 Å². The highest BCUT2D eigenvalue weighted by Gasteiger charge is 2.33. The van der Waals surface area contributed by atoms with Crippen LogP contribution < -0.4 is 11.1 Å². The van der Waals surface area contributed by atoms with Crippen molar-refractivity contribution in [2.75, 3.05) is 12.3 Å². The second kappa shape index (κ2) is 7.51. The first kappa shape index (κ1) is 16.6. The first-order valence-corrected chi connectivity index (χ1v) is 8.12. The van der Waals surface area contributed by atoms with Crippen LogP contribution >= 0.6 is 23.4 Å². The van der Waals surface area contributed by atoms with Gasteiger partial charge in [0.05, 0.1) is 5.75 Å². The molecule has 22 heavy (non-hydrogen) atoms. The summed E-state index contributed by atoms with van der Waals surface area (Å²) in [7, 11) is 0. The highest BCUT2D eigenvalue weighted by atomic mass is 35.5. The summed E-state index contributed by atoms with van der Waals surface area (Å²) in [5, 5.41) is 2.90. The van der Waals surface area contributed by atoms with E-state index < -0.39 is 23.9 Å². The van der Waals surface area contributed by atoms with Gasteiger partial charge in [0.1, 0.15) is 6.04 Å². The van der Waals surface area contributed by atoms with Crippen molar-refractivity contribution >= 4 is 41.2 Å². The molecule has 1 fully saturated rings. The Morgan fingerprint density at radius 2 is 2.00 bits per heavy atom. The number of hydrogen-bond donors (Lipinski definition) is 2. The van der Waals surface area contributed by atoms with Crippen LogP contribution in [0.2, 0.25) is 5.02 Å². The van der Waals surface area contributed by atoms with Gasteiger partial charge in [-0.15, -0.1) is 11.8 Å². The van der Waals surface area contributed by atoms with Crippen LogP contribution in [0.15, 0.2) is 29.2 Å². The lowest BCUT2D eigenvalue weighted by Crippen LogP contribution is -2.49. The Hall–Kier alpha value is -1.73. The third-order valence-corrected chi connectivity index (χ3v) is 4.54. The lowest BCUT2D eigenvalue weighted by atomic mass is 10.2. The van der Waals surface area contributed by atoms with Crippen LogP contribution in [0, 0.1) is 0 Å². The Bertz CT molecular complexity index is 579. The summed E-state index contributed by atoms with van der Waals surface area (Å²) >= 11 is 7.07. The molecule has 1 atom stereocenters. The summed E-state index contributed by atoms with van der Waals surface area (Å²) in [6.07, 6.45) is 1.24. The third-order valence-electron chi connectivity index (χ3n) is 3.27. The molecule has 0 aliphatic carbocycles. The maximum Gasteiger partial charge on any atom is 0.324 e. The van der Waals surface area contributed by atoms with Gasteiger partial charge in [0.15, 0.2) is 0 Å². The molecule has 1 aliphatic heterocycles. The molecule has 1 aliphatic rings. The fraction of sp³-hybridized carbons (Fsp3) is 0.357. The van der Waals surface area contributed by atoms with Crippen molar-refractivity contribution in [3.8, 4) is 0 Å². The molecule has 8 heteroatoms. The van der Waals surface area contributed by atoms with Gasteiger partial charge >= 0.3 is 6.03 Å². The number of thioether (sulfide) groups is 1. The molecule has 1 aromatic carbocycles. The fourth-order valence-electron chi connectivity index (χ4n) is 2.21. The molecule has 1 saturated heterocycles. The van der Waals surface area contributed by atoms with Crippen LogP contribution in [0.25, 0.3) is 0 Å². The van der Waals surface area contributed by atoms with E-state index in [1.807, 2.05) is 0 Å². The maximum atomic E-state index is 12.0. The Morgan fingerprint density at radius 3 is 2.64 bits per heavy atom. The van der Waals surface area contributed by atoms with Gasteiger partial charge in [-0.2, -0.15) is 0 Å². The van der Waals surface area contributed by atoms with E-state index in [0.29, 0.717) is 24.4 Å². The molecule has 3 N–H and O–H groups in total. The molecule has 6 nitrogen and oxygen atoms in total. The van der Waals surface area contributed by atoms with Crippen molar-refractivity contribution < 1.29 is 14.4 Å². The van der Waals surface area contributed by atoms with E-state index in [-0.39, 0.29) is 5.75 Å². The van der Waals surface area contributed by atoms with Gasteiger partial charge in [-0.1, -0.05) is 11.6 Å². The number of nitrogens with zero attached hydrogens (tertiary/aromatic N) is 1. The summed E-state index contributed by atoms with van der Waals surface area (Å²) in [4.78, 5) is 37.2. The van der Waals surface area contributed by atoms with E-state index in [1.54, 1.807) is 24.3 Å². The average molecular weight is 342 g/mol. The molecule has 118 valence electrons. The molecular formula is C14H16ClN3O3S. The molecule has 4 amide bonds. The molecule has 0 aromatic heterocycles. The minimum Gasteiger partial charge on any atom is -0.368 e. The molecule has 0 bridgehead atoms. The van der Waals surface area contributed by atoms with Crippen LogP contribution in [0.1, 0.15) is 12.8 Å². The van der Waals surface area contributed by atoms with Crippen LogP contribution in [-0.2, 0) is 9.59 Å². The topological polar surface area (TPSA) is 92.5 Å². The third kappa shape index (κ3) is 4.38. The Balaban J connectivity index is 1.82. The second-order valence-corrected chi connectivity index (χ2v) is 6.33. The largest absolute Gasteiger partial charge is 0.368 e. The zero-order valence-corrected chi connectivity index (χ0v) is 13.3. The van der Waals surface area contributed by atoms with E-state index in [0.717, 1.165) is 4.90 Å². The van der Waals surface area contributed by atoms with Crippen LogP contribution in [0.5, 0.6) is 0 Å². The van der Waals surface area contributed by atoms with Gasteiger partial charge in [-0.3, -0.25) is 14.9 Å². The monoisotopic (exact) mass is 341 g/mol.